The van der Waals surface area contributed by atoms with Crippen LogP contribution in [-0.4, -0.2) is 30.6 Å². The first-order valence-electron chi connectivity index (χ1n) is 7.99. The Morgan fingerprint density at radius 2 is 2.08 bits per heavy atom. The van der Waals surface area contributed by atoms with Crippen LogP contribution in [-0.2, 0) is 6.54 Å². The number of benzene rings is 1. The van der Waals surface area contributed by atoms with E-state index in [0.29, 0.717) is 18.9 Å². The number of aromatic nitrogens is 1. The van der Waals surface area contributed by atoms with E-state index in [9.17, 15) is 4.39 Å². The molecule has 0 radical (unpaired) electrons. The number of guanidine groups is 1. The summed E-state index contributed by atoms with van der Waals surface area (Å²) in [5.74, 6) is 1.19. The van der Waals surface area contributed by atoms with Crippen LogP contribution in [0.2, 0.25) is 0 Å². The highest BCUT2D eigenvalue weighted by Gasteiger charge is 2.01. The average molecular weight is 350 g/mol. The van der Waals surface area contributed by atoms with Crippen LogP contribution in [0, 0.1) is 12.7 Å². The van der Waals surface area contributed by atoms with Gasteiger partial charge >= 0.3 is 0 Å². The molecule has 2 N–H and O–H groups in total. The van der Waals surface area contributed by atoms with E-state index in [1.165, 1.54) is 17.0 Å². The van der Waals surface area contributed by atoms with E-state index in [0.717, 1.165) is 30.5 Å². The van der Waals surface area contributed by atoms with Crippen LogP contribution in [0.25, 0.3) is 0 Å². The van der Waals surface area contributed by atoms with Crippen molar-refractivity contribution >= 4 is 17.3 Å². The molecular formula is C17H23FN4OS. The topological polar surface area (TPSA) is 58.5 Å². The summed E-state index contributed by atoms with van der Waals surface area (Å²) in [7, 11) is 0. The van der Waals surface area contributed by atoms with Crippen LogP contribution in [0.15, 0.2) is 35.5 Å². The largest absolute Gasteiger partial charge is 0.494 e. The molecule has 0 unspecified atom stereocenters. The zero-order valence-corrected chi connectivity index (χ0v) is 14.8. The van der Waals surface area contributed by atoms with Gasteiger partial charge in [0.25, 0.3) is 0 Å². The summed E-state index contributed by atoms with van der Waals surface area (Å²) < 4.78 is 18.4. The zero-order chi connectivity index (χ0) is 17.2. The first-order chi connectivity index (χ1) is 11.7. The van der Waals surface area contributed by atoms with Crippen molar-refractivity contribution in [3.63, 3.8) is 0 Å². The van der Waals surface area contributed by atoms with Crippen LogP contribution in [0.3, 0.4) is 0 Å². The van der Waals surface area contributed by atoms with Gasteiger partial charge in [0.15, 0.2) is 5.96 Å². The summed E-state index contributed by atoms with van der Waals surface area (Å²) in [5, 5.41) is 7.48. The Morgan fingerprint density at radius 1 is 1.29 bits per heavy atom. The van der Waals surface area contributed by atoms with Crippen molar-refractivity contribution in [2.24, 2.45) is 4.99 Å². The molecule has 2 rings (SSSR count). The lowest BCUT2D eigenvalue weighted by Crippen LogP contribution is -2.38. The van der Waals surface area contributed by atoms with E-state index >= 15 is 0 Å². The average Bonchev–Trinajstić information content (AvgIpc) is 2.99. The fourth-order valence-electron chi connectivity index (χ4n) is 1.96. The van der Waals surface area contributed by atoms with Crippen LogP contribution in [0.4, 0.5) is 4.39 Å². The van der Waals surface area contributed by atoms with Crippen molar-refractivity contribution in [2.75, 3.05) is 19.7 Å². The van der Waals surface area contributed by atoms with Gasteiger partial charge in [-0.2, -0.15) is 0 Å². The predicted octanol–water partition coefficient (Wildman–Crippen LogP) is 3.11. The van der Waals surface area contributed by atoms with Crippen molar-refractivity contribution in [1.82, 2.24) is 15.6 Å². The van der Waals surface area contributed by atoms with Crippen LogP contribution < -0.4 is 15.4 Å². The normalized spacial score (nSPS) is 11.4. The lowest BCUT2D eigenvalue weighted by molar-refractivity contribution is 0.310. The van der Waals surface area contributed by atoms with Gasteiger partial charge in [0.2, 0.25) is 0 Å². The highest BCUT2D eigenvalue weighted by Crippen LogP contribution is 2.12. The predicted molar refractivity (Wildman–Crippen MR) is 96.2 cm³/mol. The molecule has 0 saturated carbocycles. The molecule has 0 saturated heterocycles. The lowest BCUT2D eigenvalue weighted by Gasteiger charge is -2.11. The highest BCUT2D eigenvalue weighted by atomic mass is 32.1. The van der Waals surface area contributed by atoms with E-state index in [1.807, 2.05) is 20.0 Å². The molecule has 1 heterocycles. The Kier molecular flexibility index (Phi) is 7.48. The molecule has 0 fully saturated rings. The fourth-order valence-corrected chi connectivity index (χ4v) is 2.67. The molecule has 1 aromatic heterocycles. The van der Waals surface area contributed by atoms with E-state index in [4.69, 9.17) is 4.74 Å². The van der Waals surface area contributed by atoms with Gasteiger partial charge in [0.1, 0.15) is 16.6 Å². The molecule has 130 valence electrons. The number of rotatable bonds is 8. The Balaban J connectivity index is 1.69. The number of hydrogen-bond acceptors (Lipinski definition) is 4. The number of aliphatic imine (C=N–C) groups is 1. The molecule has 0 atom stereocenters. The number of ether oxygens (including phenoxy) is 1. The zero-order valence-electron chi connectivity index (χ0n) is 14.0. The summed E-state index contributed by atoms with van der Waals surface area (Å²) in [6.07, 6.45) is 2.68. The SMILES string of the molecule is CCNC(=NCc1ncc(C)s1)NCCCOc1ccc(F)cc1. The third kappa shape index (κ3) is 6.54. The second-order valence-corrected chi connectivity index (χ2v) is 6.46. The molecule has 0 bridgehead atoms. The van der Waals surface area contributed by atoms with Gasteiger partial charge in [0.05, 0.1) is 13.2 Å². The van der Waals surface area contributed by atoms with E-state index in [-0.39, 0.29) is 5.82 Å². The molecule has 0 aliphatic carbocycles. The molecular weight excluding hydrogens is 327 g/mol. The Bertz CT molecular complexity index is 642. The van der Waals surface area contributed by atoms with Crippen molar-refractivity contribution < 1.29 is 9.13 Å². The second kappa shape index (κ2) is 9.87. The number of nitrogens with one attached hydrogen (secondary N) is 2. The maximum Gasteiger partial charge on any atom is 0.191 e. The number of nitrogens with zero attached hydrogens (tertiary/aromatic N) is 2. The maximum atomic E-state index is 12.8. The van der Waals surface area contributed by atoms with E-state index < -0.39 is 0 Å². The summed E-state index contributed by atoms with van der Waals surface area (Å²) in [4.78, 5) is 10.0. The molecule has 7 heteroatoms. The van der Waals surface area contributed by atoms with E-state index in [2.05, 4.69) is 20.6 Å². The van der Waals surface area contributed by atoms with Gasteiger partial charge in [-0.15, -0.1) is 11.3 Å². The standard InChI is InChI=1S/C17H23FN4OS/c1-3-19-17(22-12-16-21-11-13(2)24-16)20-9-4-10-23-15-7-5-14(18)6-8-15/h5-8,11H,3-4,9-10,12H2,1-2H3,(H2,19,20,22). The number of hydrogen-bond donors (Lipinski definition) is 2. The Labute approximate surface area is 146 Å². The molecule has 0 amide bonds. The lowest BCUT2D eigenvalue weighted by atomic mass is 10.3. The molecule has 24 heavy (non-hydrogen) atoms. The Hall–Kier alpha value is -2.15. The van der Waals surface area contributed by atoms with Crippen LogP contribution in [0.5, 0.6) is 5.75 Å². The van der Waals surface area contributed by atoms with Gasteiger partial charge in [-0.05, 0) is 44.5 Å². The molecule has 0 aliphatic heterocycles. The van der Waals surface area contributed by atoms with Crippen molar-refractivity contribution in [2.45, 2.75) is 26.8 Å². The van der Waals surface area contributed by atoms with Crippen LogP contribution in [0.1, 0.15) is 23.2 Å². The van der Waals surface area contributed by atoms with Gasteiger partial charge in [0, 0.05) is 24.2 Å². The number of thiazole rings is 1. The summed E-state index contributed by atoms with van der Waals surface area (Å²) in [6, 6.07) is 6.04. The second-order valence-electron chi connectivity index (χ2n) is 5.14. The Morgan fingerprint density at radius 3 is 2.75 bits per heavy atom. The smallest absolute Gasteiger partial charge is 0.191 e. The minimum absolute atomic E-state index is 0.258. The van der Waals surface area contributed by atoms with Gasteiger partial charge in [-0.3, -0.25) is 0 Å². The van der Waals surface area contributed by atoms with Crippen molar-refractivity contribution in [1.29, 1.82) is 0 Å². The summed E-state index contributed by atoms with van der Waals surface area (Å²) in [5.41, 5.74) is 0. The first-order valence-corrected chi connectivity index (χ1v) is 8.81. The van der Waals surface area contributed by atoms with E-state index in [1.54, 1.807) is 23.5 Å². The third-order valence-corrected chi connectivity index (χ3v) is 3.98. The van der Waals surface area contributed by atoms with Gasteiger partial charge < -0.3 is 15.4 Å². The van der Waals surface area contributed by atoms with Gasteiger partial charge in [-0.1, -0.05) is 0 Å². The minimum Gasteiger partial charge on any atom is -0.494 e. The molecule has 5 nitrogen and oxygen atoms in total. The van der Waals surface area contributed by atoms with Gasteiger partial charge in [-0.25, -0.2) is 14.4 Å². The molecule has 0 spiro atoms. The monoisotopic (exact) mass is 350 g/mol. The molecule has 2 aromatic rings. The van der Waals surface area contributed by atoms with Crippen molar-refractivity contribution in [3.8, 4) is 5.75 Å². The van der Waals surface area contributed by atoms with Crippen LogP contribution >= 0.6 is 11.3 Å². The number of aryl methyl sites for hydroxylation is 1. The summed E-state index contributed by atoms with van der Waals surface area (Å²) >= 11 is 1.66. The minimum atomic E-state index is -0.258. The summed E-state index contributed by atoms with van der Waals surface area (Å²) in [6.45, 7) is 6.74. The maximum absolute atomic E-state index is 12.8. The third-order valence-electron chi connectivity index (χ3n) is 3.08. The molecule has 0 aliphatic rings. The van der Waals surface area contributed by atoms with Crippen molar-refractivity contribution in [3.05, 3.63) is 46.2 Å². The highest BCUT2D eigenvalue weighted by molar-refractivity contribution is 7.11. The number of halogens is 1. The quantitative estimate of drug-likeness (QED) is 0.436. The fraction of sp³-hybridized carbons (Fsp3) is 0.412. The molecule has 1 aromatic carbocycles. The first kappa shape index (κ1) is 18.2.